The molecule has 1 N–H and O–H groups in total. The fourth-order valence-corrected chi connectivity index (χ4v) is 3.81. The Hall–Kier alpha value is -1.36. The van der Waals surface area contributed by atoms with Crippen LogP contribution in [0.25, 0.3) is 0 Å². The van der Waals surface area contributed by atoms with Crippen molar-refractivity contribution in [1.82, 2.24) is 0 Å². The Morgan fingerprint density at radius 3 is 2.57 bits per heavy atom. The van der Waals surface area contributed by atoms with Gasteiger partial charge < -0.3 is 5.32 Å². The molecular weight excluding hydrogens is 286 g/mol. The largest absolute Gasteiger partial charge is 0.326 e. The summed E-state index contributed by atoms with van der Waals surface area (Å²) in [7, 11) is -3.08. The van der Waals surface area contributed by atoms with Crippen LogP contribution in [0.4, 0.5) is 5.69 Å². The smallest absolute Gasteiger partial charge is 0.224 e. The van der Waals surface area contributed by atoms with Crippen LogP contribution in [0.1, 0.15) is 43.2 Å². The lowest BCUT2D eigenvalue weighted by molar-refractivity contribution is -0.117. The molecule has 1 aliphatic carbocycles. The number of sulfone groups is 1. The number of benzene rings is 1. The lowest BCUT2D eigenvalue weighted by Gasteiger charge is -2.14. The third kappa shape index (κ3) is 4.84. The van der Waals surface area contributed by atoms with Crippen molar-refractivity contribution in [3.8, 4) is 0 Å². The van der Waals surface area contributed by atoms with Crippen molar-refractivity contribution in [2.75, 3.05) is 11.6 Å². The molecule has 0 radical (unpaired) electrons. The number of nitrogens with one attached hydrogen (secondary N) is 1. The number of hydrogen-bond donors (Lipinski definition) is 1. The fraction of sp³-hybridized carbons (Fsp3) is 0.562. The molecular formula is C16H23NO3S. The maximum absolute atomic E-state index is 12.1. The van der Waals surface area contributed by atoms with Gasteiger partial charge in [0.1, 0.15) is 0 Å². The Labute approximate surface area is 126 Å². The predicted octanol–water partition coefficient (Wildman–Crippen LogP) is 3.06. The number of anilines is 1. The summed E-state index contributed by atoms with van der Waals surface area (Å²) in [5.74, 6) is 0.538. The molecule has 0 saturated heterocycles. The molecule has 0 heterocycles. The molecule has 1 saturated carbocycles. The van der Waals surface area contributed by atoms with E-state index in [-0.39, 0.29) is 11.7 Å². The quantitative estimate of drug-likeness (QED) is 0.909. The minimum absolute atomic E-state index is 0.00513. The van der Waals surface area contributed by atoms with Crippen LogP contribution in [-0.2, 0) is 20.4 Å². The predicted molar refractivity (Wildman–Crippen MR) is 84.9 cm³/mol. The first kappa shape index (κ1) is 16.0. The van der Waals surface area contributed by atoms with E-state index in [0.29, 0.717) is 12.3 Å². The Bertz CT molecular complexity index is 616. The first-order chi connectivity index (χ1) is 9.85. The molecule has 0 aromatic heterocycles. The number of amides is 1. The van der Waals surface area contributed by atoms with Crippen LogP contribution >= 0.6 is 0 Å². The molecule has 5 heteroatoms. The van der Waals surface area contributed by atoms with Gasteiger partial charge in [-0.1, -0.05) is 25.0 Å². The summed E-state index contributed by atoms with van der Waals surface area (Å²) in [4.78, 5) is 12.1. The highest BCUT2D eigenvalue weighted by molar-refractivity contribution is 7.89. The summed E-state index contributed by atoms with van der Waals surface area (Å²) in [5.41, 5.74) is 2.30. The molecule has 2 rings (SSSR count). The van der Waals surface area contributed by atoms with Crippen LogP contribution in [-0.4, -0.2) is 20.6 Å². The molecule has 1 amide bonds. The Kier molecular flexibility index (Phi) is 5.04. The van der Waals surface area contributed by atoms with Crippen molar-refractivity contribution in [2.45, 2.75) is 44.8 Å². The van der Waals surface area contributed by atoms with Gasteiger partial charge in [-0.25, -0.2) is 8.42 Å². The zero-order chi connectivity index (χ0) is 15.5. The van der Waals surface area contributed by atoms with Crippen LogP contribution in [0, 0.1) is 12.8 Å². The van der Waals surface area contributed by atoms with Gasteiger partial charge in [-0.3, -0.25) is 4.79 Å². The third-order valence-corrected chi connectivity index (χ3v) is 4.92. The highest BCUT2D eigenvalue weighted by Crippen LogP contribution is 2.28. The van der Waals surface area contributed by atoms with Crippen LogP contribution in [0.5, 0.6) is 0 Å². The van der Waals surface area contributed by atoms with E-state index in [1.165, 1.54) is 19.1 Å². The zero-order valence-electron chi connectivity index (χ0n) is 12.7. The van der Waals surface area contributed by atoms with E-state index in [4.69, 9.17) is 0 Å². The van der Waals surface area contributed by atoms with E-state index in [1.807, 2.05) is 13.0 Å². The van der Waals surface area contributed by atoms with Gasteiger partial charge in [0.05, 0.1) is 5.75 Å². The highest BCUT2D eigenvalue weighted by atomic mass is 32.2. The molecule has 0 spiro atoms. The number of rotatable bonds is 5. The van der Waals surface area contributed by atoms with Crippen LogP contribution in [0.3, 0.4) is 0 Å². The summed E-state index contributed by atoms with van der Waals surface area (Å²) in [6, 6.07) is 5.41. The summed E-state index contributed by atoms with van der Waals surface area (Å²) < 4.78 is 22.9. The summed E-state index contributed by atoms with van der Waals surface area (Å²) in [5, 5.41) is 2.93. The van der Waals surface area contributed by atoms with Gasteiger partial charge >= 0.3 is 0 Å². The Balaban J connectivity index is 2.05. The first-order valence-electron chi connectivity index (χ1n) is 7.41. The summed E-state index contributed by atoms with van der Waals surface area (Å²) in [6.07, 6.45) is 6.51. The average molecular weight is 309 g/mol. The van der Waals surface area contributed by atoms with Gasteiger partial charge in [-0.2, -0.15) is 0 Å². The topological polar surface area (TPSA) is 63.2 Å². The van der Waals surface area contributed by atoms with E-state index < -0.39 is 9.84 Å². The average Bonchev–Trinajstić information content (AvgIpc) is 2.85. The monoisotopic (exact) mass is 309 g/mol. The third-order valence-electron chi connectivity index (χ3n) is 4.09. The zero-order valence-corrected chi connectivity index (χ0v) is 13.5. The normalized spacial score (nSPS) is 16.1. The molecule has 1 fully saturated rings. The minimum atomic E-state index is -3.08. The van der Waals surface area contributed by atoms with Gasteiger partial charge in [0.15, 0.2) is 9.84 Å². The second-order valence-corrected chi connectivity index (χ2v) is 8.20. The highest BCUT2D eigenvalue weighted by Gasteiger charge is 2.19. The van der Waals surface area contributed by atoms with Crippen molar-refractivity contribution < 1.29 is 13.2 Å². The van der Waals surface area contributed by atoms with Gasteiger partial charge in [0.2, 0.25) is 5.91 Å². The molecule has 1 aliphatic rings. The lowest BCUT2D eigenvalue weighted by atomic mass is 10.0. The lowest BCUT2D eigenvalue weighted by Crippen LogP contribution is -2.16. The van der Waals surface area contributed by atoms with Crippen molar-refractivity contribution in [3.05, 3.63) is 29.3 Å². The van der Waals surface area contributed by atoms with Crippen LogP contribution in [0.2, 0.25) is 0 Å². The molecule has 0 unspecified atom stereocenters. The van der Waals surface area contributed by atoms with Gasteiger partial charge in [0, 0.05) is 18.4 Å². The summed E-state index contributed by atoms with van der Waals surface area (Å²) >= 11 is 0. The van der Waals surface area contributed by atoms with Gasteiger partial charge in [-0.05, 0) is 42.9 Å². The number of carbonyl (C=O) groups excluding carboxylic acids is 1. The van der Waals surface area contributed by atoms with Gasteiger partial charge in [-0.15, -0.1) is 0 Å². The molecule has 4 nitrogen and oxygen atoms in total. The van der Waals surface area contributed by atoms with E-state index >= 15 is 0 Å². The van der Waals surface area contributed by atoms with E-state index in [2.05, 4.69) is 5.32 Å². The summed E-state index contributed by atoms with van der Waals surface area (Å²) in [6.45, 7) is 1.85. The maximum atomic E-state index is 12.1. The van der Waals surface area contributed by atoms with E-state index in [1.54, 1.807) is 12.1 Å². The van der Waals surface area contributed by atoms with E-state index in [9.17, 15) is 13.2 Å². The number of hydrogen-bond acceptors (Lipinski definition) is 3. The molecule has 116 valence electrons. The van der Waals surface area contributed by atoms with Crippen LogP contribution in [0.15, 0.2) is 18.2 Å². The number of carbonyl (C=O) groups is 1. The fourth-order valence-electron chi connectivity index (χ4n) is 2.94. The Morgan fingerprint density at radius 2 is 1.95 bits per heavy atom. The second-order valence-electron chi connectivity index (χ2n) is 6.06. The van der Waals surface area contributed by atoms with Crippen molar-refractivity contribution in [3.63, 3.8) is 0 Å². The van der Waals surface area contributed by atoms with Crippen molar-refractivity contribution in [2.24, 2.45) is 5.92 Å². The molecule has 0 atom stereocenters. The molecule has 0 aliphatic heterocycles. The molecule has 1 aromatic carbocycles. The van der Waals surface area contributed by atoms with Crippen molar-refractivity contribution in [1.29, 1.82) is 0 Å². The molecule has 21 heavy (non-hydrogen) atoms. The van der Waals surface area contributed by atoms with E-state index in [0.717, 1.165) is 29.7 Å². The first-order valence-corrected chi connectivity index (χ1v) is 9.47. The van der Waals surface area contributed by atoms with Crippen LogP contribution < -0.4 is 5.32 Å². The molecule has 1 aromatic rings. The maximum Gasteiger partial charge on any atom is 0.224 e. The standard InChI is InChI=1S/C16H23NO3S/c1-12-14(11-21(2,19)20)8-5-9-15(12)17-16(18)10-13-6-3-4-7-13/h5,8-9,13H,3-4,6-7,10-11H2,1-2H3,(H,17,18). The second kappa shape index (κ2) is 6.60. The molecule has 0 bridgehead atoms. The van der Waals surface area contributed by atoms with Gasteiger partial charge in [0.25, 0.3) is 0 Å². The van der Waals surface area contributed by atoms with Crippen molar-refractivity contribution >= 4 is 21.4 Å². The minimum Gasteiger partial charge on any atom is -0.326 e. The Morgan fingerprint density at radius 1 is 1.29 bits per heavy atom. The SMILES string of the molecule is Cc1c(CS(C)(=O)=O)cccc1NC(=O)CC1CCCC1.